The van der Waals surface area contributed by atoms with Crippen molar-refractivity contribution in [1.82, 2.24) is 5.32 Å². The van der Waals surface area contributed by atoms with Crippen LogP contribution in [-0.2, 0) is 23.8 Å². The quantitative estimate of drug-likeness (QED) is 0.464. The number of nitrogens with one attached hydrogen (secondary N) is 1. The lowest BCUT2D eigenvalue weighted by atomic mass is 10.2. The minimum Gasteiger partial charge on any atom is -0.460 e. The third-order valence-corrected chi connectivity index (χ3v) is 2.35. The van der Waals surface area contributed by atoms with Crippen LogP contribution in [0.5, 0.6) is 0 Å². The van der Waals surface area contributed by atoms with E-state index < -0.39 is 5.60 Å². The van der Waals surface area contributed by atoms with E-state index in [1.807, 2.05) is 27.7 Å². The summed E-state index contributed by atoms with van der Waals surface area (Å²) in [6.07, 6.45) is 1.07. The summed E-state index contributed by atoms with van der Waals surface area (Å²) in [5, 5.41) is 2.74. The summed E-state index contributed by atoms with van der Waals surface area (Å²) < 4.78 is 15.5. The zero-order valence-electron chi connectivity index (χ0n) is 13.7. The van der Waals surface area contributed by atoms with Gasteiger partial charge in [-0.05, 0) is 34.1 Å². The minimum absolute atomic E-state index is 0.0769. The summed E-state index contributed by atoms with van der Waals surface area (Å²) in [6, 6.07) is 0. The number of ether oxygens (including phenoxy) is 3. The van der Waals surface area contributed by atoms with Crippen molar-refractivity contribution in [3.05, 3.63) is 0 Å². The van der Waals surface area contributed by atoms with E-state index in [2.05, 4.69) is 5.32 Å². The SMILES string of the molecule is CCOCCOCCNC(=O)CCCC(=O)OC(C)(C)C. The van der Waals surface area contributed by atoms with Gasteiger partial charge in [-0.15, -0.1) is 0 Å². The molecule has 0 aliphatic rings. The summed E-state index contributed by atoms with van der Waals surface area (Å²) >= 11 is 0. The van der Waals surface area contributed by atoms with Crippen molar-refractivity contribution in [3.63, 3.8) is 0 Å². The van der Waals surface area contributed by atoms with Gasteiger partial charge in [-0.2, -0.15) is 0 Å². The molecule has 0 atom stereocenters. The number of carbonyl (C=O) groups excluding carboxylic acids is 2. The van der Waals surface area contributed by atoms with Crippen LogP contribution in [0.3, 0.4) is 0 Å². The van der Waals surface area contributed by atoms with Gasteiger partial charge in [0.25, 0.3) is 0 Å². The van der Waals surface area contributed by atoms with Crippen molar-refractivity contribution in [2.75, 3.05) is 33.0 Å². The van der Waals surface area contributed by atoms with Gasteiger partial charge in [0, 0.05) is 26.0 Å². The molecule has 0 aromatic carbocycles. The number of hydrogen-bond donors (Lipinski definition) is 1. The van der Waals surface area contributed by atoms with Crippen LogP contribution in [0.1, 0.15) is 47.0 Å². The van der Waals surface area contributed by atoms with Gasteiger partial charge in [0.2, 0.25) is 5.91 Å². The highest BCUT2D eigenvalue weighted by atomic mass is 16.6. The molecular formula is C15H29NO5. The molecular weight excluding hydrogens is 274 g/mol. The number of esters is 1. The van der Waals surface area contributed by atoms with E-state index in [9.17, 15) is 9.59 Å². The van der Waals surface area contributed by atoms with Crippen molar-refractivity contribution in [3.8, 4) is 0 Å². The van der Waals surface area contributed by atoms with Gasteiger partial charge < -0.3 is 19.5 Å². The van der Waals surface area contributed by atoms with Gasteiger partial charge in [0.1, 0.15) is 5.60 Å². The fourth-order valence-electron chi connectivity index (χ4n) is 1.50. The Morgan fingerprint density at radius 1 is 1.00 bits per heavy atom. The first-order valence-electron chi connectivity index (χ1n) is 7.49. The lowest BCUT2D eigenvalue weighted by Gasteiger charge is -2.19. The molecule has 6 nitrogen and oxygen atoms in total. The van der Waals surface area contributed by atoms with Gasteiger partial charge in [0.15, 0.2) is 0 Å². The van der Waals surface area contributed by atoms with E-state index in [1.165, 1.54) is 0 Å². The molecule has 1 N–H and O–H groups in total. The molecule has 0 saturated carbocycles. The average Bonchev–Trinajstić information content (AvgIpc) is 2.35. The molecule has 0 aromatic heterocycles. The summed E-state index contributed by atoms with van der Waals surface area (Å²) in [5.74, 6) is -0.346. The average molecular weight is 303 g/mol. The van der Waals surface area contributed by atoms with Crippen LogP contribution in [0.25, 0.3) is 0 Å². The molecule has 0 saturated heterocycles. The largest absolute Gasteiger partial charge is 0.460 e. The van der Waals surface area contributed by atoms with Crippen LogP contribution in [0.2, 0.25) is 0 Å². The van der Waals surface area contributed by atoms with Crippen LogP contribution in [0, 0.1) is 0 Å². The number of hydrogen-bond acceptors (Lipinski definition) is 5. The first-order chi connectivity index (χ1) is 9.85. The molecule has 0 heterocycles. The van der Waals surface area contributed by atoms with E-state index in [-0.39, 0.29) is 18.3 Å². The Morgan fingerprint density at radius 3 is 2.29 bits per heavy atom. The second-order valence-electron chi connectivity index (χ2n) is 5.60. The van der Waals surface area contributed by atoms with Gasteiger partial charge in [-0.1, -0.05) is 0 Å². The molecule has 6 heteroatoms. The molecule has 0 radical (unpaired) electrons. The van der Waals surface area contributed by atoms with E-state index in [4.69, 9.17) is 14.2 Å². The molecule has 0 fully saturated rings. The fraction of sp³-hybridized carbons (Fsp3) is 0.867. The van der Waals surface area contributed by atoms with Gasteiger partial charge >= 0.3 is 5.97 Å². The summed E-state index contributed by atoms with van der Waals surface area (Å²) in [4.78, 5) is 22.9. The third kappa shape index (κ3) is 15.1. The van der Waals surface area contributed by atoms with E-state index in [0.717, 1.165) is 0 Å². The molecule has 1 amide bonds. The highest BCUT2D eigenvalue weighted by Crippen LogP contribution is 2.09. The summed E-state index contributed by atoms with van der Waals surface area (Å²) in [6.45, 7) is 10.1. The number of carbonyl (C=O) groups is 2. The zero-order chi connectivity index (χ0) is 16.1. The Kier molecular flexibility index (Phi) is 10.9. The Hall–Kier alpha value is -1.14. The summed E-state index contributed by atoms with van der Waals surface area (Å²) in [5.41, 5.74) is -0.474. The zero-order valence-corrected chi connectivity index (χ0v) is 13.7. The normalized spacial score (nSPS) is 11.2. The molecule has 0 unspecified atom stereocenters. The molecule has 21 heavy (non-hydrogen) atoms. The molecule has 0 aliphatic carbocycles. The Bertz CT molecular complexity index is 299. The number of amides is 1. The smallest absolute Gasteiger partial charge is 0.306 e. The molecule has 0 aliphatic heterocycles. The molecule has 0 spiro atoms. The Labute approximate surface area is 127 Å². The minimum atomic E-state index is -0.474. The Morgan fingerprint density at radius 2 is 1.67 bits per heavy atom. The Balaban J connectivity index is 3.44. The molecule has 0 bridgehead atoms. The highest BCUT2D eigenvalue weighted by Gasteiger charge is 2.16. The van der Waals surface area contributed by atoms with E-state index in [0.29, 0.717) is 45.8 Å². The standard InChI is InChI=1S/C15H29NO5/c1-5-19-11-12-20-10-9-16-13(17)7-6-8-14(18)21-15(2,3)4/h5-12H2,1-4H3,(H,16,17). The third-order valence-electron chi connectivity index (χ3n) is 2.35. The molecule has 0 rings (SSSR count). The van der Waals surface area contributed by atoms with Crippen LogP contribution in [0.15, 0.2) is 0 Å². The van der Waals surface area contributed by atoms with Crippen LogP contribution < -0.4 is 5.32 Å². The number of rotatable bonds is 11. The summed E-state index contributed by atoms with van der Waals surface area (Å²) in [7, 11) is 0. The van der Waals surface area contributed by atoms with E-state index >= 15 is 0 Å². The van der Waals surface area contributed by atoms with Gasteiger partial charge in [0.05, 0.1) is 19.8 Å². The van der Waals surface area contributed by atoms with Gasteiger partial charge in [-0.25, -0.2) is 0 Å². The second kappa shape index (κ2) is 11.5. The van der Waals surface area contributed by atoms with Crippen LogP contribution in [0.4, 0.5) is 0 Å². The van der Waals surface area contributed by atoms with Crippen molar-refractivity contribution in [1.29, 1.82) is 0 Å². The maximum absolute atomic E-state index is 11.5. The molecule has 124 valence electrons. The lowest BCUT2D eigenvalue weighted by Crippen LogP contribution is -2.28. The predicted molar refractivity (Wildman–Crippen MR) is 80.0 cm³/mol. The predicted octanol–water partition coefficient (Wildman–Crippen LogP) is 1.67. The first-order valence-corrected chi connectivity index (χ1v) is 7.49. The van der Waals surface area contributed by atoms with Crippen molar-refractivity contribution in [2.24, 2.45) is 0 Å². The van der Waals surface area contributed by atoms with E-state index in [1.54, 1.807) is 0 Å². The monoisotopic (exact) mass is 303 g/mol. The van der Waals surface area contributed by atoms with Crippen molar-refractivity contribution < 1.29 is 23.8 Å². The maximum atomic E-state index is 11.5. The molecule has 0 aromatic rings. The maximum Gasteiger partial charge on any atom is 0.306 e. The van der Waals surface area contributed by atoms with Crippen molar-refractivity contribution in [2.45, 2.75) is 52.6 Å². The lowest BCUT2D eigenvalue weighted by molar-refractivity contribution is -0.154. The van der Waals surface area contributed by atoms with Gasteiger partial charge in [-0.3, -0.25) is 9.59 Å². The van der Waals surface area contributed by atoms with Crippen LogP contribution >= 0.6 is 0 Å². The second-order valence-corrected chi connectivity index (χ2v) is 5.60. The highest BCUT2D eigenvalue weighted by molar-refractivity contribution is 5.77. The first kappa shape index (κ1) is 19.9. The fourth-order valence-corrected chi connectivity index (χ4v) is 1.50. The van der Waals surface area contributed by atoms with Crippen molar-refractivity contribution >= 4 is 11.9 Å². The van der Waals surface area contributed by atoms with Crippen LogP contribution in [-0.4, -0.2) is 50.4 Å². The topological polar surface area (TPSA) is 73.9 Å².